The molecular weight excluding hydrogens is 314 g/mol. The third kappa shape index (κ3) is 5.95. The van der Waals surface area contributed by atoms with Gasteiger partial charge in [0.25, 0.3) is 5.91 Å². The van der Waals surface area contributed by atoms with E-state index in [1.165, 1.54) is 0 Å². The molecule has 2 aromatic carbocycles. The van der Waals surface area contributed by atoms with Crippen LogP contribution in [0.1, 0.15) is 42.2 Å². The summed E-state index contributed by atoms with van der Waals surface area (Å²) in [5.74, 6) is -0.204. The molecule has 0 aromatic heterocycles. The van der Waals surface area contributed by atoms with Gasteiger partial charge in [-0.15, -0.1) is 0 Å². The summed E-state index contributed by atoms with van der Waals surface area (Å²) in [5.41, 5.74) is 2.38. The van der Waals surface area contributed by atoms with E-state index in [9.17, 15) is 9.59 Å². The first-order valence-corrected chi connectivity index (χ1v) is 8.56. The van der Waals surface area contributed by atoms with Gasteiger partial charge in [-0.2, -0.15) is 0 Å². The van der Waals surface area contributed by atoms with Gasteiger partial charge in [-0.1, -0.05) is 43.3 Å². The van der Waals surface area contributed by atoms with Crippen LogP contribution in [-0.2, 0) is 4.79 Å². The lowest BCUT2D eigenvalue weighted by Crippen LogP contribution is -2.32. The van der Waals surface area contributed by atoms with Crippen molar-refractivity contribution in [1.82, 2.24) is 10.6 Å². The summed E-state index contributed by atoms with van der Waals surface area (Å²) in [6, 6.07) is 16.9. The zero-order valence-corrected chi connectivity index (χ0v) is 14.7. The number of hydrogen-bond acceptors (Lipinski definition) is 3. The maximum absolute atomic E-state index is 12.1. The first kappa shape index (κ1) is 18.5. The van der Waals surface area contributed by atoms with Crippen molar-refractivity contribution in [2.45, 2.75) is 26.3 Å². The Kier molecular flexibility index (Phi) is 7.01. The molecule has 0 saturated carbocycles. The van der Waals surface area contributed by atoms with Crippen LogP contribution < -0.4 is 16.0 Å². The zero-order valence-electron chi connectivity index (χ0n) is 14.7. The van der Waals surface area contributed by atoms with Crippen molar-refractivity contribution in [3.8, 4) is 0 Å². The van der Waals surface area contributed by atoms with E-state index in [-0.39, 0.29) is 24.4 Å². The number of carbonyl (C=O) groups is 2. The lowest BCUT2D eigenvalue weighted by atomic mass is 10.1. The van der Waals surface area contributed by atoms with Crippen molar-refractivity contribution in [2.75, 3.05) is 18.4 Å². The summed E-state index contributed by atoms with van der Waals surface area (Å²) in [4.78, 5) is 24.1. The van der Waals surface area contributed by atoms with E-state index in [0.29, 0.717) is 12.1 Å². The molecule has 2 aromatic rings. The number of hydrogen-bond donors (Lipinski definition) is 3. The fourth-order valence-electron chi connectivity index (χ4n) is 2.41. The Bertz CT molecular complexity index is 701. The minimum Gasteiger partial charge on any atom is -0.376 e. The molecule has 0 heterocycles. The molecule has 3 N–H and O–H groups in total. The molecule has 0 radical (unpaired) electrons. The summed E-state index contributed by atoms with van der Waals surface area (Å²) in [5, 5.41) is 8.85. The van der Waals surface area contributed by atoms with Crippen molar-refractivity contribution in [3.05, 3.63) is 65.7 Å². The predicted octanol–water partition coefficient (Wildman–Crippen LogP) is 3.12. The predicted molar refractivity (Wildman–Crippen MR) is 101 cm³/mol. The van der Waals surface area contributed by atoms with E-state index >= 15 is 0 Å². The van der Waals surface area contributed by atoms with Crippen molar-refractivity contribution in [3.63, 3.8) is 0 Å². The number of amides is 2. The Morgan fingerprint density at radius 1 is 1.04 bits per heavy atom. The quantitative estimate of drug-likeness (QED) is 0.692. The topological polar surface area (TPSA) is 70.2 Å². The average molecular weight is 339 g/mol. The highest BCUT2D eigenvalue weighted by atomic mass is 16.2. The van der Waals surface area contributed by atoms with Crippen molar-refractivity contribution < 1.29 is 9.59 Å². The normalized spacial score (nSPS) is 11.4. The van der Waals surface area contributed by atoms with E-state index in [1.54, 1.807) is 18.2 Å². The fraction of sp³-hybridized carbons (Fsp3) is 0.300. The Balaban J connectivity index is 1.86. The minimum absolute atomic E-state index is 0.0540. The second kappa shape index (κ2) is 9.47. The first-order valence-electron chi connectivity index (χ1n) is 8.56. The molecule has 25 heavy (non-hydrogen) atoms. The molecule has 0 aliphatic rings. The summed E-state index contributed by atoms with van der Waals surface area (Å²) in [7, 11) is 0. The molecular formula is C20H25N3O2. The summed E-state index contributed by atoms with van der Waals surface area (Å²) >= 11 is 0. The van der Waals surface area contributed by atoms with Crippen molar-refractivity contribution in [1.29, 1.82) is 0 Å². The van der Waals surface area contributed by atoms with Crippen LogP contribution in [0.3, 0.4) is 0 Å². The average Bonchev–Trinajstić information content (AvgIpc) is 2.65. The van der Waals surface area contributed by atoms with Gasteiger partial charge in [-0.3, -0.25) is 9.59 Å². The van der Waals surface area contributed by atoms with Crippen LogP contribution in [0.4, 0.5) is 5.69 Å². The molecule has 2 rings (SSSR count). The number of nitrogens with one attached hydrogen (secondary N) is 3. The van der Waals surface area contributed by atoms with Crippen LogP contribution in [0.15, 0.2) is 54.6 Å². The van der Waals surface area contributed by atoms with Gasteiger partial charge in [-0.05, 0) is 37.1 Å². The molecule has 132 valence electrons. The molecule has 5 nitrogen and oxygen atoms in total. The number of rotatable bonds is 8. The standard InChI is InChI=1S/C20H25N3O2/c1-3-12-21-20(25)17-10-7-11-18(13-17)22-14-19(24)23-15(2)16-8-5-4-6-9-16/h4-11,13,15,22H,3,12,14H2,1-2H3,(H,21,25)(H,23,24). The number of anilines is 1. The Morgan fingerprint density at radius 2 is 1.80 bits per heavy atom. The van der Waals surface area contributed by atoms with Gasteiger partial charge in [0.2, 0.25) is 5.91 Å². The SMILES string of the molecule is CCCNC(=O)c1cccc(NCC(=O)NC(C)c2ccccc2)c1. The molecule has 5 heteroatoms. The lowest BCUT2D eigenvalue weighted by Gasteiger charge is -2.15. The van der Waals surface area contributed by atoms with Crippen LogP contribution >= 0.6 is 0 Å². The highest BCUT2D eigenvalue weighted by Gasteiger charge is 2.10. The molecule has 0 aliphatic heterocycles. The Labute approximate surface area is 148 Å². The summed E-state index contributed by atoms with van der Waals surface area (Å²) in [6.45, 7) is 4.76. The van der Waals surface area contributed by atoms with Gasteiger partial charge in [0.05, 0.1) is 12.6 Å². The highest BCUT2D eigenvalue weighted by Crippen LogP contribution is 2.12. The van der Waals surface area contributed by atoms with Gasteiger partial charge >= 0.3 is 0 Å². The van der Waals surface area contributed by atoms with Crippen LogP contribution in [0, 0.1) is 0 Å². The minimum atomic E-state index is -0.104. The summed E-state index contributed by atoms with van der Waals surface area (Å²) in [6.07, 6.45) is 0.892. The maximum Gasteiger partial charge on any atom is 0.251 e. The Hall–Kier alpha value is -2.82. The van der Waals surface area contributed by atoms with Gasteiger partial charge in [0.15, 0.2) is 0 Å². The first-order chi connectivity index (χ1) is 12.1. The maximum atomic E-state index is 12.1. The van der Waals surface area contributed by atoms with Gasteiger partial charge in [0, 0.05) is 17.8 Å². The van der Waals surface area contributed by atoms with Gasteiger partial charge < -0.3 is 16.0 Å². The second-order valence-corrected chi connectivity index (χ2v) is 5.89. The third-order valence-electron chi connectivity index (χ3n) is 3.79. The Morgan fingerprint density at radius 3 is 2.52 bits per heavy atom. The molecule has 1 atom stereocenters. The smallest absolute Gasteiger partial charge is 0.251 e. The van der Waals surface area contributed by atoms with Crippen LogP contribution in [0.2, 0.25) is 0 Å². The molecule has 2 amide bonds. The van der Waals surface area contributed by atoms with Crippen molar-refractivity contribution in [2.24, 2.45) is 0 Å². The zero-order chi connectivity index (χ0) is 18.1. The van der Waals surface area contributed by atoms with E-state index in [4.69, 9.17) is 0 Å². The third-order valence-corrected chi connectivity index (χ3v) is 3.79. The molecule has 0 fully saturated rings. The summed E-state index contributed by atoms with van der Waals surface area (Å²) < 4.78 is 0. The highest BCUT2D eigenvalue weighted by molar-refractivity contribution is 5.95. The second-order valence-electron chi connectivity index (χ2n) is 5.89. The largest absolute Gasteiger partial charge is 0.376 e. The van der Waals surface area contributed by atoms with Gasteiger partial charge in [-0.25, -0.2) is 0 Å². The molecule has 0 aliphatic carbocycles. The number of benzene rings is 2. The molecule has 1 unspecified atom stereocenters. The monoisotopic (exact) mass is 339 g/mol. The van der Waals surface area contributed by atoms with E-state index in [2.05, 4.69) is 16.0 Å². The van der Waals surface area contributed by atoms with Crippen LogP contribution in [0.5, 0.6) is 0 Å². The molecule has 0 spiro atoms. The fourth-order valence-corrected chi connectivity index (χ4v) is 2.41. The van der Waals surface area contributed by atoms with Crippen LogP contribution in [-0.4, -0.2) is 24.9 Å². The molecule has 0 bridgehead atoms. The number of carbonyl (C=O) groups excluding carboxylic acids is 2. The van der Waals surface area contributed by atoms with Gasteiger partial charge in [0.1, 0.15) is 0 Å². The van der Waals surface area contributed by atoms with Crippen LogP contribution in [0.25, 0.3) is 0 Å². The van der Waals surface area contributed by atoms with E-state index in [1.807, 2.05) is 50.2 Å². The molecule has 0 saturated heterocycles. The van der Waals surface area contributed by atoms with Crippen molar-refractivity contribution >= 4 is 17.5 Å². The van der Waals surface area contributed by atoms with E-state index < -0.39 is 0 Å². The van der Waals surface area contributed by atoms with E-state index in [0.717, 1.165) is 17.7 Å². The lowest BCUT2D eigenvalue weighted by molar-refractivity contribution is -0.120.